The number of hydrogen-bond donors (Lipinski definition) is 0. The van der Waals surface area contributed by atoms with E-state index in [9.17, 15) is 8.42 Å². The van der Waals surface area contributed by atoms with Gasteiger partial charge in [-0.1, -0.05) is 29.8 Å². The summed E-state index contributed by atoms with van der Waals surface area (Å²) in [7, 11) is -3.32. The van der Waals surface area contributed by atoms with Crippen molar-refractivity contribution >= 4 is 9.84 Å². The third kappa shape index (κ3) is 2.61. The van der Waals surface area contributed by atoms with E-state index >= 15 is 0 Å². The lowest BCUT2D eigenvalue weighted by atomic mass is 10.2. The highest BCUT2D eigenvalue weighted by Gasteiger charge is 2.23. The topological polar surface area (TPSA) is 34.1 Å². The van der Waals surface area contributed by atoms with Gasteiger partial charge in [0.25, 0.3) is 0 Å². The summed E-state index contributed by atoms with van der Waals surface area (Å²) in [5, 5.41) is -0.590. The standard InChI is InChI=1S/C13H16O2S/c1-4-6-12(5-2)16(14,15)13-9-7-11(3)8-10-13/h4-5,7-10,12H,1-2,6H2,3H3/t12-/m0/s1. The van der Waals surface area contributed by atoms with Gasteiger partial charge in [-0.15, -0.1) is 13.2 Å². The van der Waals surface area contributed by atoms with Crippen LogP contribution in [0.2, 0.25) is 0 Å². The zero-order valence-corrected chi connectivity index (χ0v) is 10.2. The van der Waals surface area contributed by atoms with E-state index in [0.717, 1.165) is 5.56 Å². The van der Waals surface area contributed by atoms with Gasteiger partial charge in [0, 0.05) is 0 Å². The highest BCUT2D eigenvalue weighted by Crippen LogP contribution is 2.19. The molecule has 0 N–H and O–H groups in total. The second kappa shape index (κ2) is 5.12. The number of aryl methyl sites for hydroxylation is 1. The van der Waals surface area contributed by atoms with Crippen LogP contribution in [-0.2, 0) is 9.84 Å². The van der Waals surface area contributed by atoms with Gasteiger partial charge in [-0.25, -0.2) is 8.42 Å². The van der Waals surface area contributed by atoms with E-state index in [4.69, 9.17) is 0 Å². The van der Waals surface area contributed by atoms with Gasteiger partial charge < -0.3 is 0 Å². The molecule has 0 saturated carbocycles. The minimum atomic E-state index is -3.32. The first-order valence-corrected chi connectivity index (χ1v) is 6.61. The fourth-order valence-corrected chi connectivity index (χ4v) is 2.92. The molecule has 3 heteroatoms. The summed E-state index contributed by atoms with van der Waals surface area (Å²) >= 11 is 0. The van der Waals surface area contributed by atoms with Gasteiger partial charge in [-0.3, -0.25) is 0 Å². The molecule has 0 radical (unpaired) electrons. The second-order valence-electron chi connectivity index (χ2n) is 3.66. The van der Waals surface area contributed by atoms with Crippen molar-refractivity contribution in [2.45, 2.75) is 23.5 Å². The summed E-state index contributed by atoms with van der Waals surface area (Å²) < 4.78 is 24.3. The highest BCUT2D eigenvalue weighted by atomic mass is 32.2. The van der Waals surface area contributed by atoms with E-state index in [2.05, 4.69) is 13.2 Å². The molecule has 0 bridgehead atoms. The fraction of sp³-hybridized carbons (Fsp3) is 0.231. The van der Waals surface area contributed by atoms with Crippen LogP contribution in [0.25, 0.3) is 0 Å². The molecule has 0 heterocycles. The minimum Gasteiger partial charge on any atom is -0.223 e. The molecule has 16 heavy (non-hydrogen) atoms. The molecule has 0 aliphatic carbocycles. The summed E-state index contributed by atoms with van der Waals surface area (Å²) in [6.45, 7) is 9.04. The Balaban J connectivity index is 3.14. The Bertz CT molecular complexity index is 469. The second-order valence-corrected chi connectivity index (χ2v) is 5.82. The lowest BCUT2D eigenvalue weighted by Gasteiger charge is -2.11. The molecule has 1 atom stereocenters. The molecule has 0 aliphatic rings. The summed E-state index contributed by atoms with van der Waals surface area (Å²) in [6.07, 6.45) is 3.44. The first kappa shape index (κ1) is 12.7. The molecule has 1 aromatic rings. The normalized spacial score (nSPS) is 13.1. The quantitative estimate of drug-likeness (QED) is 0.737. The van der Waals surface area contributed by atoms with Gasteiger partial charge in [0.15, 0.2) is 9.84 Å². The third-order valence-corrected chi connectivity index (χ3v) is 4.52. The molecule has 0 aromatic heterocycles. The Hall–Kier alpha value is -1.35. The lowest BCUT2D eigenvalue weighted by Crippen LogP contribution is -2.18. The van der Waals surface area contributed by atoms with E-state index < -0.39 is 15.1 Å². The average molecular weight is 236 g/mol. The molecule has 86 valence electrons. The molecular weight excluding hydrogens is 220 g/mol. The Morgan fingerprint density at radius 1 is 1.25 bits per heavy atom. The van der Waals surface area contributed by atoms with Crippen molar-refractivity contribution in [1.82, 2.24) is 0 Å². The largest absolute Gasteiger partial charge is 0.223 e. The first-order valence-electron chi connectivity index (χ1n) is 5.06. The van der Waals surface area contributed by atoms with Crippen LogP contribution < -0.4 is 0 Å². The van der Waals surface area contributed by atoms with Crippen LogP contribution in [0.4, 0.5) is 0 Å². The maximum absolute atomic E-state index is 12.1. The molecule has 2 nitrogen and oxygen atoms in total. The van der Waals surface area contributed by atoms with Gasteiger partial charge in [-0.2, -0.15) is 0 Å². The first-order chi connectivity index (χ1) is 7.52. The molecule has 0 unspecified atom stereocenters. The predicted molar refractivity (Wildman–Crippen MR) is 67.2 cm³/mol. The zero-order chi connectivity index (χ0) is 12.2. The number of hydrogen-bond acceptors (Lipinski definition) is 2. The lowest BCUT2D eigenvalue weighted by molar-refractivity contribution is 0.588. The Morgan fingerprint density at radius 3 is 2.25 bits per heavy atom. The van der Waals surface area contributed by atoms with Gasteiger partial charge >= 0.3 is 0 Å². The van der Waals surface area contributed by atoms with E-state index in [1.807, 2.05) is 6.92 Å². The molecule has 0 fully saturated rings. The van der Waals surface area contributed by atoms with Gasteiger partial charge in [0.1, 0.15) is 0 Å². The van der Waals surface area contributed by atoms with E-state index in [0.29, 0.717) is 11.3 Å². The van der Waals surface area contributed by atoms with Crippen LogP contribution in [0.5, 0.6) is 0 Å². The summed E-state index contributed by atoms with van der Waals surface area (Å²) in [5.74, 6) is 0. The summed E-state index contributed by atoms with van der Waals surface area (Å²) in [4.78, 5) is 0.338. The van der Waals surface area contributed by atoms with Crippen molar-refractivity contribution in [2.24, 2.45) is 0 Å². The average Bonchev–Trinajstić information content (AvgIpc) is 2.26. The molecule has 0 saturated heterocycles. The maximum Gasteiger partial charge on any atom is 0.185 e. The molecule has 0 amide bonds. The maximum atomic E-state index is 12.1. The predicted octanol–water partition coefficient (Wildman–Crippen LogP) is 2.90. The van der Waals surface area contributed by atoms with Crippen molar-refractivity contribution < 1.29 is 8.42 Å². The minimum absolute atomic E-state index is 0.338. The number of benzene rings is 1. The van der Waals surface area contributed by atoms with E-state index in [1.54, 1.807) is 30.3 Å². The number of sulfone groups is 1. The van der Waals surface area contributed by atoms with Crippen molar-refractivity contribution in [3.05, 3.63) is 55.1 Å². The highest BCUT2D eigenvalue weighted by molar-refractivity contribution is 7.92. The van der Waals surface area contributed by atoms with Crippen molar-refractivity contribution in [2.75, 3.05) is 0 Å². The van der Waals surface area contributed by atoms with Crippen molar-refractivity contribution in [3.63, 3.8) is 0 Å². The van der Waals surface area contributed by atoms with Crippen LogP contribution >= 0.6 is 0 Å². The Morgan fingerprint density at radius 2 is 1.81 bits per heavy atom. The Labute approximate surface area is 97.2 Å². The van der Waals surface area contributed by atoms with Crippen LogP contribution in [-0.4, -0.2) is 13.7 Å². The molecule has 1 rings (SSSR count). The number of rotatable bonds is 5. The van der Waals surface area contributed by atoms with Gasteiger partial charge in [0.2, 0.25) is 0 Å². The molecule has 0 aliphatic heterocycles. The van der Waals surface area contributed by atoms with Gasteiger partial charge in [0.05, 0.1) is 10.1 Å². The summed E-state index contributed by atoms with van der Waals surface area (Å²) in [5.41, 5.74) is 1.04. The molecule has 1 aromatic carbocycles. The van der Waals surface area contributed by atoms with Crippen LogP contribution in [0, 0.1) is 6.92 Å². The van der Waals surface area contributed by atoms with Crippen LogP contribution in [0.15, 0.2) is 54.5 Å². The van der Waals surface area contributed by atoms with E-state index in [-0.39, 0.29) is 0 Å². The summed E-state index contributed by atoms with van der Waals surface area (Å²) in [6, 6.07) is 6.84. The molecule has 0 spiro atoms. The smallest absolute Gasteiger partial charge is 0.185 e. The zero-order valence-electron chi connectivity index (χ0n) is 9.39. The molecular formula is C13H16O2S. The fourth-order valence-electron chi connectivity index (χ4n) is 1.42. The third-order valence-electron chi connectivity index (χ3n) is 2.41. The van der Waals surface area contributed by atoms with Crippen molar-refractivity contribution in [3.8, 4) is 0 Å². The van der Waals surface area contributed by atoms with Crippen LogP contribution in [0.1, 0.15) is 12.0 Å². The van der Waals surface area contributed by atoms with Crippen LogP contribution in [0.3, 0.4) is 0 Å². The SMILES string of the molecule is C=CC[C@H](C=C)S(=O)(=O)c1ccc(C)cc1. The monoisotopic (exact) mass is 236 g/mol. The number of allylic oxidation sites excluding steroid dienone is 1. The Kier molecular flexibility index (Phi) is 4.07. The van der Waals surface area contributed by atoms with Crippen molar-refractivity contribution in [1.29, 1.82) is 0 Å². The van der Waals surface area contributed by atoms with E-state index in [1.165, 1.54) is 6.08 Å². The van der Waals surface area contributed by atoms with Gasteiger partial charge in [-0.05, 0) is 25.5 Å².